The van der Waals surface area contributed by atoms with Crippen LogP contribution in [0.15, 0.2) is 41.3 Å². The lowest BCUT2D eigenvalue weighted by molar-refractivity contribution is 0.414. The van der Waals surface area contributed by atoms with Crippen LogP contribution in [0, 0.1) is 0 Å². The maximum absolute atomic E-state index is 11.8. The van der Waals surface area contributed by atoms with Gasteiger partial charge >= 0.3 is 0 Å². The van der Waals surface area contributed by atoms with Gasteiger partial charge in [0, 0.05) is 13.1 Å². The van der Waals surface area contributed by atoms with E-state index in [2.05, 4.69) is 4.72 Å². The van der Waals surface area contributed by atoms with E-state index in [1.165, 1.54) is 19.2 Å². The summed E-state index contributed by atoms with van der Waals surface area (Å²) in [6, 6.07) is 6.19. The molecule has 1 rings (SSSR count). The van der Waals surface area contributed by atoms with Crippen LogP contribution in [0.25, 0.3) is 0 Å². The molecule has 5 nitrogen and oxygen atoms in total. The van der Waals surface area contributed by atoms with E-state index >= 15 is 0 Å². The Balaban J connectivity index is 2.72. The summed E-state index contributed by atoms with van der Waals surface area (Å²) in [5, 5.41) is 0. The zero-order chi connectivity index (χ0) is 12.7. The fourth-order valence-electron chi connectivity index (χ4n) is 1.18. The van der Waals surface area contributed by atoms with E-state index in [0.29, 0.717) is 12.3 Å². The number of benzene rings is 1. The second-order valence-electron chi connectivity index (χ2n) is 3.23. The van der Waals surface area contributed by atoms with Gasteiger partial charge in [-0.3, -0.25) is 0 Å². The molecule has 0 aliphatic carbocycles. The highest BCUT2D eigenvalue weighted by Gasteiger charge is 2.11. The van der Waals surface area contributed by atoms with E-state index in [1.807, 2.05) is 0 Å². The van der Waals surface area contributed by atoms with Crippen LogP contribution in [0.4, 0.5) is 0 Å². The summed E-state index contributed by atoms with van der Waals surface area (Å²) in [7, 11) is -1.94. The zero-order valence-electron chi connectivity index (χ0n) is 9.59. The van der Waals surface area contributed by atoms with Gasteiger partial charge in [-0.25, -0.2) is 13.1 Å². The number of hydrogen-bond donors (Lipinski definition) is 2. The lowest BCUT2D eigenvalue weighted by Crippen LogP contribution is -2.23. The van der Waals surface area contributed by atoms with Gasteiger partial charge in [0.2, 0.25) is 10.0 Å². The van der Waals surface area contributed by atoms with Crippen molar-refractivity contribution in [1.29, 1.82) is 0 Å². The zero-order valence-corrected chi connectivity index (χ0v) is 10.4. The van der Waals surface area contributed by atoms with Crippen LogP contribution in [0.2, 0.25) is 0 Å². The summed E-state index contributed by atoms with van der Waals surface area (Å²) in [5.41, 5.74) is 5.24. The fourth-order valence-corrected chi connectivity index (χ4v) is 2.15. The third-order valence-corrected chi connectivity index (χ3v) is 3.50. The van der Waals surface area contributed by atoms with Crippen molar-refractivity contribution in [1.82, 2.24) is 4.72 Å². The molecule has 0 saturated heterocycles. The molecule has 1 aromatic rings. The third-order valence-electron chi connectivity index (χ3n) is 2.06. The molecular weight excluding hydrogens is 240 g/mol. The molecule has 0 heterocycles. The molecule has 0 aliphatic rings. The first-order valence-electron chi connectivity index (χ1n) is 5.09. The van der Waals surface area contributed by atoms with Gasteiger partial charge < -0.3 is 10.5 Å². The van der Waals surface area contributed by atoms with Crippen molar-refractivity contribution in [2.45, 2.75) is 4.90 Å². The highest BCUT2D eigenvalue weighted by atomic mass is 32.2. The van der Waals surface area contributed by atoms with Gasteiger partial charge in [0.05, 0.1) is 12.0 Å². The predicted octanol–water partition coefficient (Wildman–Crippen LogP) is 0.488. The number of nitrogens with two attached hydrogens (primary N) is 1. The fraction of sp³-hybridized carbons (Fsp3) is 0.273. The van der Waals surface area contributed by atoms with Crippen molar-refractivity contribution >= 4 is 10.0 Å². The van der Waals surface area contributed by atoms with E-state index in [4.69, 9.17) is 10.5 Å². The smallest absolute Gasteiger partial charge is 0.240 e. The number of nitrogens with one attached hydrogen (secondary N) is 1. The van der Waals surface area contributed by atoms with Gasteiger partial charge in [0.25, 0.3) is 0 Å². The standard InChI is InChI=1S/C11H16N2O3S/c1-16-10-4-6-11(7-5-10)17(14,15)13-9-3-2-8-12/h2-7,13H,8-9,12H2,1H3/b3-2+. The van der Waals surface area contributed by atoms with Crippen LogP contribution in [-0.2, 0) is 10.0 Å². The van der Waals surface area contributed by atoms with Crippen molar-refractivity contribution in [2.24, 2.45) is 5.73 Å². The number of ether oxygens (including phenoxy) is 1. The van der Waals surface area contributed by atoms with Crippen LogP contribution in [0.1, 0.15) is 0 Å². The van der Waals surface area contributed by atoms with Gasteiger partial charge in [0.15, 0.2) is 0 Å². The molecule has 0 bridgehead atoms. The molecule has 0 saturated carbocycles. The normalized spacial score (nSPS) is 11.9. The Hall–Kier alpha value is -1.37. The van der Waals surface area contributed by atoms with Crippen LogP contribution in [-0.4, -0.2) is 28.6 Å². The Morgan fingerprint density at radius 2 is 1.94 bits per heavy atom. The molecule has 94 valence electrons. The lowest BCUT2D eigenvalue weighted by atomic mass is 10.3. The molecule has 0 aromatic heterocycles. The monoisotopic (exact) mass is 256 g/mol. The lowest BCUT2D eigenvalue weighted by Gasteiger charge is -2.05. The highest BCUT2D eigenvalue weighted by Crippen LogP contribution is 2.14. The SMILES string of the molecule is COc1ccc(S(=O)(=O)NC/C=C/CN)cc1. The van der Waals surface area contributed by atoms with E-state index in [-0.39, 0.29) is 11.4 Å². The summed E-state index contributed by atoms with van der Waals surface area (Å²) in [6.45, 7) is 0.621. The van der Waals surface area contributed by atoms with Gasteiger partial charge in [0.1, 0.15) is 5.75 Å². The minimum atomic E-state index is -3.46. The molecule has 0 radical (unpaired) electrons. The number of rotatable bonds is 6. The summed E-state index contributed by atoms with van der Waals surface area (Å²) < 4.78 is 30.9. The molecule has 0 amide bonds. The minimum Gasteiger partial charge on any atom is -0.497 e. The topological polar surface area (TPSA) is 81.4 Å². The summed E-state index contributed by atoms with van der Waals surface area (Å²) >= 11 is 0. The largest absolute Gasteiger partial charge is 0.497 e. The first kappa shape index (κ1) is 13.7. The Labute approximate surface area is 101 Å². The highest BCUT2D eigenvalue weighted by molar-refractivity contribution is 7.89. The number of sulfonamides is 1. The molecule has 0 atom stereocenters. The number of methoxy groups -OCH3 is 1. The van der Waals surface area contributed by atoms with Crippen molar-refractivity contribution in [3.8, 4) is 5.75 Å². The van der Waals surface area contributed by atoms with Crippen molar-refractivity contribution in [3.05, 3.63) is 36.4 Å². The molecule has 0 spiro atoms. The molecule has 3 N–H and O–H groups in total. The van der Waals surface area contributed by atoms with Crippen molar-refractivity contribution < 1.29 is 13.2 Å². The van der Waals surface area contributed by atoms with E-state index in [9.17, 15) is 8.42 Å². The molecule has 0 unspecified atom stereocenters. The van der Waals surface area contributed by atoms with Gasteiger partial charge in [-0.05, 0) is 24.3 Å². The van der Waals surface area contributed by atoms with Crippen LogP contribution in [0.5, 0.6) is 5.75 Å². The summed E-state index contributed by atoms with van der Waals surface area (Å²) in [6.07, 6.45) is 3.36. The average Bonchev–Trinajstić information content (AvgIpc) is 2.35. The molecule has 17 heavy (non-hydrogen) atoms. The van der Waals surface area contributed by atoms with Crippen molar-refractivity contribution in [2.75, 3.05) is 20.2 Å². The van der Waals surface area contributed by atoms with Gasteiger partial charge in [-0.1, -0.05) is 12.2 Å². The second-order valence-corrected chi connectivity index (χ2v) is 5.00. The Morgan fingerprint density at radius 1 is 1.29 bits per heavy atom. The Morgan fingerprint density at radius 3 is 2.47 bits per heavy atom. The molecular formula is C11H16N2O3S. The quantitative estimate of drug-likeness (QED) is 0.726. The van der Waals surface area contributed by atoms with Crippen LogP contribution >= 0.6 is 0 Å². The molecule has 1 aromatic carbocycles. The third kappa shape index (κ3) is 4.18. The maximum atomic E-state index is 11.8. The molecule has 0 aliphatic heterocycles. The summed E-state index contributed by atoms with van der Waals surface area (Å²) in [4.78, 5) is 0.208. The Kier molecular flexibility index (Phi) is 5.14. The van der Waals surface area contributed by atoms with Crippen molar-refractivity contribution in [3.63, 3.8) is 0 Å². The van der Waals surface area contributed by atoms with E-state index in [1.54, 1.807) is 24.3 Å². The Bertz CT molecular complexity index is 466. The second kappa shape index (κ2) is 6.39. The molecule has 0 fully saturated rings. The van der Waals surface area contributed by atoms with Crippen LogP contribution in [0.3, 0.4) is 0 Å². The predicted molar refractivity (Wildman–Crippen MR) is 66.4 cm³/mol. The average molecular weight is 256 g/mol. The maximum Gasteiger partial charge on any atom is 0.240 e. The first-order valence-corrected chi connectivity index (χ1v) is 6.57. The first-order chi connectivity index (χ1) is 8.10. The summed E-state index contributed by atoms with van der Waals surface area (Å²) in [5.74, 6) is 0.618. The van der Waals surface area contributed by atoms with Crippen LogP contribution < -0.4 is 15.2 Å². The van der Waals surface area contributed by atoms with E-state index in [0.717, 1.165) is 0 Å². The van der Waals surface area contributed by atoms with Gasteiger partial charge in [-0.15, -0.1) is 0 Å². The minimum absolute atomic E-state index is 0.208. The van der Waals surface area contributed by atoms with E-state index < -0.39 is 10.0 Å². The number of hydrogen-bond acceptors (Lipinski definition) is 4. The van der Waals surface area contributed by atoms with Gasteiger partial charge in [-0.2, -0.15) is 0 Å². The molecule has 6 heteroatoms.